The number of anilines is 1. The molecule has 0 aliphatic carbocycles. The van der Waals surface area contributed by atoms with E-state index in [1.807, 2.05) is 0 Å². The summed E-state index contributed by atoms with van der Waals surface area (Å²) >= 11 is 0. The number of fused-ring (bicyclic) bond motifs is 1. The van der Waals surface area contributed by atoms with Gasteiger partial charge in [0.05, 0.1) is 11.1 Å². The van der Waals surface area contributed by atoms with Gasteiger partial charge in [-0.2, -0.15) is 13.2 Å². The second-order valence-electron chi connectivity index (χ2n) is 6.51. The van der Waals surface area contributed by atoms with Gasteiger partial charge in [-0.25, -0.2) is 12.7 Å². The summed E-state index contributed by atoms with van der Waals surface area (Å²) in [6.07, 6.45) is -6.07. The lowest BCUT2D eigenvalue weighted by Crippen LogP contribution is -2.38. The van der Waals surface area contributed by atoms with Crippen LogP contribution in [-0.4, -0.2) is 43.2 Å². The van der Waals surface area contributed by atoms with Crippen LogP contribution in [-0.2, 0) is 30.5 Å². The summed E-state index contributed by atoms with van der Waals surface area (Å²) in [5, 5.41) is 2.18. The summed E-state index contributed by atoms with van der Waals surface area (Å²) < 4.78 is 68.3. The van der Waals surface area contributed by atoms with E-state index in [9.17, 15) is 36.0 Å². The Bertz CT molecular complexity index is 1160. The Kier molecular flexibility index (Phi) is 5.77. The van der Waals surface area contributed by atoms with Crippen molar-refractivity contribution in [2.75, 3.05) is 11.9 Å². The molecule has 0 unspecified atom stereocenters. The molecule has 8 nitrogen and oxygen atoms in total. The molecule has 0 bridgehead atoms. The van der Waals surface area contributed by atoms with E-state index in [1.165, 1.54) is 30.3 Å². The molecular weight excluding hydrogens is 441 g/mol. The number of nitrogens with zero attached hydrogens (tertiary/aromatic N) is 1. The van der Waals surface area contributed by atoms with Crippen molar-refractivity contribution in [3.8, 4) is 0 Å². The van der Waals surface area contributed by atoms with E-state index < -0.39 is 52.2 Å². The summed E-state index contributed by atoms with van der Waals surface area (Å²) in [7, 11) is -4.24. The molecule has 0 radical (unpaired) electrons. The molecule has 0 fully saturated rings. The lowest BCUT2D eigenvalue weighted by atomic mass is 10.2. The van der Waals surface area contributed by atoms with Gasteiger partial charge in [0.2, 0.25) is 0 Å². The predicted octanol–water partition coefficient (Wildman–Crippen LogP) is 2.42. The van der Waals surface area contributed by atoms with Gasteiger partial charge in [-0.3, -0.25) is 14.4 Å². The van der Waals surface area contributed by atoms with Gasteiger partial charge < -0.3 is 10.1 Å². The fraction of sp³-hybridized carbons (Fsp3) is 0.211. The Labute approximate surface area is 174 Å². The molecule has 1 atom stereocenters. The van der Waals surface area contributed by atoms with Gasteiger partial charge >= 0.3 is 12.1 Å². The van der Waals surface area contributed by atoms with Crippen molar-refractivity contribution >= 4 is 33.5 Å². The number of hydrogen-bond acceptors (Lipinski definition) is 6. The van der Waals surface area contributed by atoms with E-state index >= 15 is 0 Å². The molecule has 31 heavy (non-hydrogen) atoms. The molecule has 3 rings (SSSR count). The second-order valence-corrected chi connectivity index (χ2v) is 8.34. The van der Waals surface area contributed by atoms with Crippen LogP contribution in [0.25, 0.3) is 0 Å². The van der Waals surface area contributed by atoms with Gasteiger partial charge in [-0.1, -0.05) is 18.2 Å². The molecule has 2 amide bonds. The highest BCUT2D eigenvalue weighted by Gasteiger charge is 2.42. The van der Waals surface area contributed by atoms with Gasteiger partial charge in [0.1, 0.15) is 11.4 Å². The average molecular weight is 456 g/mol. The lowest BCUT2D eigenvalue weighted by Gasteiger charge is -2.17. The number of benzene rings is 2. The van der Waals surface area contributed by atoms with Crippen LogP contribution in [0.5, 0.6) is 0 Å². The van der Waals surface area contributed by atoms with E-state index in [0.717, 1.165) is 19.1 Å². The zero-order valence-corrected chi connectivity index (χ0v) is 16.7. The Balaban J connectivity index is 1.64. The first-order chi connectivity index (χ1) is 14.4. The number of sulfonamides is 1. The van der Waals surface area contributed by atoms with Crippen molar-refractivity contribution in [1.82, 2.24) is 4.31 Å². The summed E-state index contributed by atoms with van der Waals surface area (Å²) in [5.41, 5.74) is -1.24. The highest BCUT2D eigenvalue weighted by Crippen LogP contribution is 2.31. The summed E-state index contributed by atoms with van der Waals surface area (Å²) in [4.78, 5) is 36.3. The highest BCUT2D eigenvalue weighted by atomic mass is 32.2. The number of carbonyl (C=O) groups excluding carboxylic acids is 3. The topological polar surface area (TPSA) is 110 Å². The molecule has 0 saturated carbocycles. The minimum absolute atomic E-state index is 0.0920. The zero-order valence-electron chi connectivity index (χ0n) is 15.8. The number of esters is 1. The third-order valence-corrected chi connectivity index (χ3v) is 6.11. The van der Waals surface area contributed by atoms with Crippen LogP contribution in [0.4, 0.5) is 18.9 Å². The number of nitrogens with one attached hydrogen (secondary N) is 1. The number of ether oxygens (including phenoxy) is 1. The first-order valence-corrected chi connectivity index (χ1v) is 10.2. The molecule has 1 N–H and O–H groups in total. The largest absolute Gasteiger partial charge is 0.451 e. The zero-order chi connectivity index (χ0) is 23.0. The fourth-order valence-electron chi connectivity index (χ4n) is 2.81. The van der Waals surface area contributed by atoms with Gasteiger partial charge in [0.15, 0.2) is 6.10 Å². The predicted molar refractivity (Wildman–Crippen MR) is 100 cm³/mol. The van der Waals surface area contributed by atoms with Crippen molar-refractivity contribution in [3.05, 3.63) is 59.7 Å². The van der Waals surface area contributed by atoms with Crippen LogP contribution < -0.4 is 5.32 Å². The minimum atomic E-state index is -4.61. The number of halogens is 3. The van der Waals surface area contributed by atoms with E-state index in [-0.39, 0.29) is 16.1 Å². The van der Waals surface area contributed by atoms with Crippen molar-refractivity contribution in [2.24, 2.45) is 0 Å². The van der Waals surface area contributed by atoms with Crippen molar-refractivity contribution in [2.45, 2.75) is 24.1 Å². The summed E-state index contributed by atoms with van der Waals surface area (Å²) in [6, 6.07) is 9.25. The van der Waals surface area contributed by atoms with E-state index in [1.54, 1.807) is 0 Å². The molecule has 164 valence electrons. The van der Waals surface area contributed by atoms with Crippen molar-refractivity contribution in [1.29, 1.82) is 0 Å². The number of carbonyl (C=O) groups is 3. The SMILES string of the molecule is C[C@@H](OC(=O)CN1C(=O)c2ccccc2S1(=O)=O)C(=O)Nc1cccc(C(F)(F)F)c1. The molecule has 0 spiro atoms. The molecule has 0 saturated heterocycles. The minimum Gasteiger partial charge on any atom is -0.451 e. The molecule has 12 heteroatoms. The lowest BCUT2D eigenvalue weighted by molar-refractivity contribution is -0.152. The first-order valence-electron chi connectivity index (χ1n) is 8.75. The average Bonchev–Trinajstić information content (AvgIpc) is 2.88. The maximum atomic E-state index is 12.8. The van der Waals surface area contributed by atoms with Crippen LogP contribution in [0.3, 0.4) is 0 Å². The van der Waals surface area contributed by atoms with E-state index in [4.69, 9.17) is 4.74 Å². The monoisotopic (exact) mass is 456 g/mol. The Morgan fingerprint density at radius 3 is 2.45 bits per heavy atom. The highest BCUT2D eigenvalue weighted by molar-refractivity contribution is 7.90. The van der Waals surface area contributed by atoms with Crippen LogP contribution >= 0.6 is 0 Å². The van der Waals surface area contributed by atoms with Gasteiger partial charge in [-0.05, 0) is 37.3 Å². The van der Waals surface area contributed by atoms with Crippen LogP contribution in [0, 0.1) is 0 Å². The van der Waals surface area contributed by atoms with E-state index in [0.29, 0.717) is 10.4 Å². The Morgan fingerprint density at radius 2 is 1.81 bits per heavy atom. The molecule has 1 heterocycles. The quantitative estimate of drug-likeness (QED) is 0.692. The Hall–Kier alpha value is -3.41. The van der Waals surface area contributed by atoms with Gasteiger partial charge in [0.25, 0.3) is 21.8 Å². The molecule has 0 aromatic heterocycles. The molecule has 1 aliphatic rings. The Morgan fingerprint density at radius 1 is 1.13 bits per heavy atom. The third kappa shape index (κ3) is 4.53. The van der Waals surface area contributed by atoms with Gasteiger partial charge in [0, 0.05) is 5.69 Å². The fourth-order valence-corrected chi connectivity index (χ4v) is 4.32. The van der Waals surface area contributed by atoms with Crippen LogP contribution in [0.2, 0.25) is 0 Å². The number of alkyl halides is 3. The molecule has 2 aromatic carbocycles. The number of amides is 2. The van der Waals surface area contributed by atoms with Crippen molar-refractivity contribution in [3.63, 3.8) is 0 Å². The van der Waals surface area contributed by atoms with Crippen LogP contribution in [0.15, 0.2) is 53.4 Å². The normalized spacial score (nSPS) is 15.9. The third-order valence-electron chi connectivity index (χ3n) is 4.32. The maximum Gasteiger partial charge on any atom is 0.416 e. The molecule has 2 aromatic rings. The molecular formula is C19H15F3N2O6S. The first kappa shape index (κ1) is 22.3. The standard InChI is InChI=1S/C19H15F3N2O6S/c1-11(17(26)23-13-6-4-5-12(9-13)19(20,21)22)30-16(25)10-24-18(27)14-7-2-3-8-15(14)31(24,28)29/h2-9,11H,10H2,1H3,(H,23,26)/t11-/m1/s1. The smallest absolute Gasteiger partial charge is 0.416 e. The van der Waals surface area contributed by atoms with E-state index in [2.05, 4.69) is 5.32 Å². The summed E-state index contributed by atoms with van der Waals surface area (Å²) in [6.45, 7) is 0.187. The van der Waals surface area contributed by atoms with Crippen molar-refractivity contribution < 1.29 is 40.7 Å². The molecule has 1 aliphatic heterocycles. The maximum absolute atomic E-state index is 12.8. The van der Waals surface area contributed by atoms with Crippen LogP contribution in [0.1, 0.15) is 22.8 Å². The number of hydrogen-bond donors (Lipinski definition) is 1. The summed E-state index contributed by atoms with van der Waals surface area (Å²) in [5.74, 6) is -3.03. The van der Waals surface area contributed by atoms with Gasteiger partial charge in [-0.15, -0.1) is 0 Å². The second kappa shape index (κ2) is 8.02. The number of rotatable bonds is 5.